The Morgan fingerprint density at radius 2 is 2.16 bits per heavy atom. The Hall–Kier alpha value is -1.62. The van der Waals surface area contributed by atoms with Gasteiger partial charge in [0.1, 0.15) is 5.75 Å². The average molecular weight is 278 g/mol. The van der Waals surface area contributed by atoms with Gasteiger partial charge >= 0.3 is 0 Å². The number of hydrogen-bond donors (Lipinski definition) is 2. The summed E-state index contributed by atoms with van der Waals surface area (Å²) in [6.07, 6.45) is 3.44. The molecule has 3 N–H and O–H groups in total. The van der Waals surface area contributed by atoms with Gasteiger partial charge in [0.25, 0.3) is 0 Å². The Labute approximate surface area is 117 Å². The van der Waals surface area contributed by atoms with Crippen molar-refractivity contribution in [3.05, 3.63) is 58.9 Å². The number of nitrogens with one attached hydrogen (secondary N) is 1. The van der Waals surface area contributed by atoms with E-state index in [4.69, 9.17) is 22.2 Å². The maximum absolute atomic E-state index is 6.01. The van der Waals surface area contributed by atoms with E-state index in [9.17, 15) is 0 Å². The minimum absolute atomic E-state index is 0.174. The molecule has 1 unspecified atom stereocenters. The molecule has 2 rings (SSSR count). The summed E-state index contributed by atoms with van der Waals surface area (Å²) in [5.74, 6) is 6.37. The number of nitrogens with zero attached hydrogens (tertiary/aromatic N) is 1. The van der Waals surface area contributed by atoms with E-state index >= 15 is 0 Å². The summed E-state index contributed by atoms with van der Waals surface area (Å²) in [5.41, 5.74) is 4.68. The smallest absolute Gasteiger partial charge is 0.137 e. The lowest BCUT2D eigenvalue weighted by Gasteiger charge is -2.17. The predicted molar refractivity (Wildman–Crippen MR) is 76.0 cm³/mol. The zero-order valence-electron chi connectivity index (χ0n) is 10.6. The van der Waals surface area contributed by atoms with E-state index in [1.165, 1.54) is 0 Å². The molecule has 0 aliphatic rings. The lowest BCUT2D eigenvalue weighted by molar-refractivity contribution is 0.338. The van der Waals surface area contributed by atoms with Crippen molar-refractivity contribution in [1.82, 2.24) is 10.4 Å². The molecule has 0 radical (unpaired) electrons. The molecule has 0 aliphatic carbocycles. The molecule has 2 aromatic rings. The summed E-state index contributed by atoms with van der Waals surface area (Å²) in [6, 6.07) is 9.30. The highest BCUT2D eigenvalue weighted by molar-refractivity contribution is 6.30. The van der Waals surface area contributed by atoms with Gasteiger partial charge in [0.05, 0.1) is 18.8 Å². The molecule has 100 valence electrons. The van der Waals surface area contributed by atoms with Crippen molar-refractivity contribution in [1.29, 1.82) is 0 Å². The van der Waals surface area contributed by atoms with Gasteiger partial charge in [-0.3, -0.25) is 10.8 Å². The second-order valence-electron chi connectivity index (χ2n) is 4.04. The van der Waals surface area contributed by atoms with Crippen LogP contribution in [0.25, 0.3) is 0 Å². The molecule has 1 atom stereocenters. The molecule has 0 aliphatic heterocycles. The van der Waals surface area contributed by atoms with Crippen molar-refractivity contribution in [2.24, 2.45) is 5.84 Å². The Balaban J connectivity index is 2.33. The van der Waals surface area contributed by atoms with Crippen LogP contribution < -0.4 is 16.0 Å². The van der Waals surface area contributed by atoms with Crippen LogP contribution in [0.15, 0.2) is 42.7 Å². The second kappa shape index (κ2) is 6.52. The van der Waals surface area contributed by atoms with E-state index < -0.39 is 0 Å². The normalized spacial score (nSPS) is 12.2. The van der Waals surface area contributed by atoms with E-state index in [0.717, 1.165) is 16.9 Å². The van der Waals surface area contributed by atoms with Crippen LogP contribution in [0.2, 0.25) is 5.02 Å². The van der Waals surface area contributed by atoms with Crippen LogP contribution >= 0.6 is 11.6 Å². The summed E-state index contributed by atoms with van der Waals surface area (Å²) in [6.45, 7) is 2.53. The average Bonchev–Trinajstić information content (AvgIpc) is 2.41. The Bertz CT molecular complexity index is 548. The molecule has 4 nitrogen and oxygen atoms in total. The third-order valence-corrected chi connectivity index (χ3v) is 2.96. The summed E-state index contributed by atoms with van der Waals surface area (Å²) < 4.78 is 5.44. The lowest BCUT2D eigenvalue weighted by atomic mass is 10.0. The zero-order chi connectivity index (χ0) is 13.7. The maximum atomic E-state index is 6.01. The van der Waals surface area contributed by atoms with Crippen molar-refractivity contribution in [2.45, 2.75) is 13.0 Å². The van der Waals surface area contributed by atoms with E-state index in [-0.39, 0.29) is 6.04 Å². The van der Waals surface area contributed by atoms with Crippen molar-refractivity contribution in [2.75, 3.05) is 6.61 Å². The van der Waals surface area contributed by atoms with Gasteiger partial charge in [-0.15, -0.1) is 0 Å². The third kappa shape index (κ3) is 3.44. The monoisotopic (exact) mass is 277 g/mol. The summed E-state index contributed by atoms with van der Waals surface area (Å²) in [7, 11) is 0. The molecule has 0 fully saturated rings. The number of ether oxygens (including phenoxy) is 1. The molecule has 1 aromatic heterocycles. The SMILES string of the molecule is CCOc1cncc(C(NN)c2cccc(Cl)c2)c1. The number of rotatable bonds is 5. The molecule has 0 saturated carbocycles. The summed E-state index contributed by atoms with van der Waals surface area (Å²) in [4.78, 5) is 4.17. The number of hydrazine groups is 1. The highest BCUT2D eigenvalue weighted by Gasteiger charge is 2.13. The fourth-order valence-electron chi connectivity index (χ4n) is 1.91. The third-order valence-electron chi connectivity index (χ3n) is 2.73. The topological polar surface area (TPSA) is 60.2 Å². The van der Waals surface area contributed by atoms with Crippen LogP contribution in [0.1, 0.15) is 24.1 Å². The molecule has 0 saturated heterocycles. The number of nitrogens with two attached hydrogens (primary N) is 1. The molecular weight excluding hydrogens is 262 g/mol. The quantitative estimate of drug-likeness (QED) is 0.652. The first-order valence-electron chi connectivity index (χ1n) is 6.04. The van der Waals surface area contributed by atoms with Gasteiger partial charge in [-0.1, -0.05) is 23.7 Å². The Morgan fingerprint density at radius 3 is 2.84 bits per heavy atom. The van der Waals surface area contributed by atoms with Crippen molar-refractivity contribution >= 4 is 11.6 Å². The lowest BCUT2D eigenvalue weighted by Crippen LogP contribution is -2.28. The molecule has 1 heterocycles. The maximum Gasteiger partial charge on any atom is 0.137 e. The van der Waals surface area contributed by atoms with Gasteiger partial charge in [0, 0.05) is 11.2 Å². The van der Waals surface area contributed by atoms with Gasteiger partial charge in [-0.05, 0) is 36.2 Å². The first kappa shape index (κ1) is 13.8. The summed E-state index contributed by atoms with van der Waals surface area (Å²) in [5, 5.41) is 0.673. The van der Waals surface area contributed by atoms with Gasteiger partial charge in [-0.2, -0.15) is 0 Å². The van der Waals surface area contributed by atoms with Gasteiger partial charge < -0.3 is 4.74 Å². The molecule has 0 spiro atoms. The van der Waals surface area contributed by atoms with Crippen LogP contribution in [0.3, 0.4) is 0 Å². The van der Waals surface area contributed by atoms with Crippen molar-refractivity contribution < 1.29 is 4.74 Å². The molecule has 5 heteroatoms. The van der Waals surface area contributed by atoms with E-state index in [2.05, 4.69) is 10.4 Å². The van der Waals surface area contributed by atoms with Crippen LogP contribution in [0.4, 0.5) is 0 Å². The number of benzene rings is 1. The molecule has 1 aromatic carbocycles. The van der Waals surface area contributed by atoms with E-state index in [0.29, 0.717) is 11.6 Å². The fraction of sp³-hybridized carbons (Fsp3) is 0.214. The fourth-order valence-corrected chi connectivity index (χ4v) is 2.11. The van der Waals surface area contributed by atoms with Crippen LogP contribution in [0.5, 0.6) is 5.75 Å². The predicted octanol–water partition coefficient (Wildman–Crippen LogP) is 2.69. The Morgan fingerprint density at radius 1 is 1.32 bits per heavy atom. The number of pyridine rings is 1. The van der Waals surface area contributed by atoms with E-state index in [1.54, 1.807) is 12.4 Å². The second-order valence-corrected chi connectivity index (χ2v) is 4.48. The van der Waals surface area contributed by atoms with Crippen LogP contribution in [-0.2, 0) is 0 Å². The van der Waals surface area contributed by atoms with Crippen molar-refractivity contribution in [3.8, 4) is 5.75 Å². The highest BCUT2D eigenvalue weighted by Crippen LogP contribution is 2.25. The first-order valence-corrected chi connectivity index (χ1v) is 6.41. The highest BCUT2D eigenvalue weighted by atomic mass is 35.5. The number of aromatic nitrogens is 1. The molecule has 0 bridgehead atoms. The summed E-state index contributed by atoms with van der Waals surface area (Å²) >= 11 is 6.01. The molecule has 19 heavy (non-hydrogen) atoms. The van der Waals surface area contributed by atoms with Gasteiger partial charge in [0.15, 0.2) is 0 Å². The Kier molecular flexibility index (Phi) is 4.74. The van der Waals surface area contributed by atoms with Crippen molar-refractivity contribution in [3.63, 3.8) is 0 Å². The van der Waals surface area contributed by atoms with Gasteiger partial charge in [0.2, 0.25) is 0 Å². The van der Waals surface area contributed by atoms with Crippen LogP contribution in [0, 0.1) is 0 Å². The van der Waals surface area contributed by atoms with Gasteiger partial charge in [-0.25, -0.2) is 5.43 Å². The number of hydrogen-bond acceptors (Lipinski definition) is 4. The minimum Gasteiger partial charge on any atom is -0.492 e. The number of halogens is 1. The standard InChI is InChI=1S/C14H16ClN3O/c1-2-19-13-7-11(8-17-9-13)14(18-16)10-4-3-5-12(15)6-10/h3-9,14,18H,2,16H2,1H3. The van der Waals surface area contributed by atoms with E-state index in [1.807, 2.05) is 37.3 Å². The minimum atomic E-state index is -0.174. The van der Waals surface area contributed by atoms with Crippen LogP contribution in [-0.4, -0.2) is 11.6 Å². The zero-order valence-corrected chi connectivity index (χ0v) is 11.4. The molecule has 0 amide bonds. The first-order chi connectivity index (χ1) is 9.24. The molecular formula is C14H16ClN3O. The largest absolute Gasteiger partial charge is 0.492 e.